The largest absolute Gasteiger partial charge is 0.493 e. The van der Waals surface area contributed by atoms with Crippen LogP contribution in [0.2, 0.25) is 0 Å². The van der Waals surface area contributed by atoms with Crippen LogP contribution in [0, 0.1) is 0 Å². The molecule has 0 aromatic heterocycles. The fourth-order valence-corrected chi connectivity index (χ4v) is 2.16. The van der Waals surface area contributed by atoms with Gasteiger partial charge in [0.05, 0.1) is 13.0 Å². The second kappa shape index (κ2) is 6.22. The minimum absolute atomic E-state index is 0.0115. The van der Waals surface area contributed by atoms with Gasteiger partial charge in [-0.1, -0.05) is 36.4 Å². The van der Waals surface area contributed by atoms with Crippen molar-refractivity contribution < 1.29 is 14.9 Å². The van der Waals surface area contributed by atoms with Crippen LogP contribution in [0.3, 0.4) is 0 Å². The van der Waals surface area contributed by atoms with Gasteiger partial charge in [-0.15, -0.1) is 0 Å². The van der Waals surface area contributed by atoms with E-state index in [9.17, 15) is 10.2 Å². The molecule has 0 aliphatic carbocycles. The van der Waals surface area contributed by atoms with Gasteiger partial charge < -0.3 is 14.9 Å². The summed E-state index contributed by atoms with van der Waals surface area (Å²) in [5, 5.41) is 24.3. The van der Waals surface area contributed by atoms with Crippen molar-refractivity contribution in [1.82, 2.24) is 5.32 Å². The Balaban J connectivity index is 2.00. The predicted molar refractivity (Wildman–Crippen MR) is 79.5 cm³/mol. The highest BCUT2D eigenvalue weighted by molar-refractivity contribution is 5.88. The number of hydrogen-bond acceptors (Lipinski definition) is 4. The Labute approximate surface area is 119 Å². The summed E-state index contributed by atoms with van der Waals surface area (Å²) in [7, 11) is 0. The fraction of sp³-hybridized carbons (Fsp3) is 0.375. The second-order valence-electron chi connectivity index (χ2n) is 5.19. The van der Waals surface area contributed by atoms with Crippen LogP contribution in [0.5, 0.6) is 5.75 Å². The molecule has 4 nitrogen and oxygen atoms in total. The molecule has 0 aliphatic heterocycles. The van der Waals surface area contributed by atoms with Gasteiger partial charge in [-0.25, -0.2) is 0 Å². The Morgan fingerprint density at radius 1 is 1.10 bits per heavy atom. The summed E-state index contributed by atoms with van der Waals surface area (Å²) < 4.78 is 5.68. The van der Waals surface area contributed by atoms with E-state index in [1.807, 2.05) is 56.3 Å². The SMILES string of the molecule is CC(C)NC(O)(O)CCOc1cccc2ccccc12. The zero-order valence-electron chi connectivity index (χ0n) is 11.8. The molecule has 2 aromatic rings. The Morgan fingerprint density at radius 2 is 1.80 bits per heavy atom. The van der Waals surface area contributed by atoms with Crippen LogP contribution < -0.4 is 10.1 Å². The smallest absolute Gasteiger partial charge is 0.225 e. The highest BCUT2D eigenvalue weighted by Gasteiger charge is 2.23. The van der Waals surface area contributed by atoms with E-state index in [4.69, 9.17) is 4.74 Å². The van der Waals surface area contributed by atoms with Gasteiger partial charge in [-0.3, -0.25) is 5.32 Å². The number of nitrogens with one attached hydrogen (secondary N) is 1. The molecule has 0 radical (unpaired) electrons. The van der Waals surface area contributed by atoms with E-state index in [-0.39, 0.29) is 19.1 Å². The normalized spacial score (nSPS) is 12.1. The van der Waals surface area contributed by atoms with Gasteiger partial charge in [0, 0.05) is 11.4 Å². The average Bonchev–Trinajstić information content (AvgIpc) is 2.37. The Morgan fingerprint density at radius 3 is 2.55 bits per heavy atom. The molecule has 0 atom stereocenters. The van der Waals surface area contributed by atoms with Crippen molar-refractivity contribution in [1.29, 1.82) is 0 Å². The summed E-state index contributed by atoms with van der Waals surface area (Å²) in [6.45, 7) is 3.93. The lowest BCUT2D eigenvalue weighted by atomic mass is 10.1. The van der Waals surface area contributed by atoms with Crippen molar-refractivity contribution in [3.63, 3.8) is 0 Å². The zero-order chi connectivity index (χ0) is 14.6. The van der Waals surface area contributed by atoms with Crippen LogP contribution in [0.15, 0.2) is 42.5 Å². The predicted octanol–water partition coefficient (Wildman–Crippen LogP) is 2.25. The van der Waals surface area contributed by atoms with Gasteiger partial charge in [0.15, 0.2) is 0 Å². The quantitative estimate of drug-likeness (QED) is 0.708. The minimum atomic E-state index is -1.90. The maximum atomic E-state index is 9.74. The van der Waals surface area contributed by atoms with Crippen molar-refractivity contribution in [3.8, 4) is 5.75 Å². The molecule has 0 bridgehead atoms. The van der Waals surface area contributed by atoms with E-state index < -0.39 is 5.91 Å². The molecule has 0 unspecified atom stereocenters. The van der Waals surface area contributed by atoms with Gasteiger partial charge in [0.25, 0.3) is 0 Å². The molecule has 20 heavy (non-hydrogen) atoms. The summed E-state index contributed by atoms with van der Waals surface area (Å²) in [6, 6.07) is 13.8. The lowest BCUT2D eigenvalue weighted by molar-refractivity contribution is -0.197. The Hall–Kier alpha value is -1.62. The van der Waals surface area contributed by atoms with Crippen LogP contribution in [0.1, 0.15) is 20.3 Å². The number of benzene rings is 2. The van der Waals surface area contributed by atoms with Crippen molar-refractivity contribution >= 4 is 10.8 Å². The highest BCUT2D eigenvalue weighted by Crippen LogP contribution is 2.25. The van der Waals surface area contributed by atoms with E-state index in [0.717, 1.165) is 16.5 Å². The standard InChI is InChI=1S/C16H21NO3/c1-12(2)17-16(18,19)10-11-20-15-9-5-7-13-6-3-4-8-14(13)15/h3-9,12,17-19H,10-11H2,1-2H3. The van der Waals surface area contributed by atoms with E-state index in [1.54, 1.807) is 0 Å². The molecule has 2 rings (SSSR count). The topological polar surface area (TPSA) is 61.7 Å². The maximum absolute atomic E-state index is 9.74. The summed E-state index contributed by atoms with van der Waals surface area (Å²) in [5.74, 6) is -1.15. The molecular formula is C16H21NO3. The molecule has 0 aliphatic rings. The van der Waals surface area contributed by atoms with Crippen molar-refractivity contribution in [2.75, 3.05) is 6.61 Å². The molecule has 108 valence electrons. The first-order chi connectivity index (χ1) is 9.48. The first-order valence-corrected chi connectivity index (χ1v) is 6.81. The number of ether oxygens (including phenoxy) is 1. The average molecular weight is 275 g/mol. The number of aliphatic hydroxyl groups is 2. The number of rotatable bonds is 6. The maximum Gasteiger partial charge on any atom is 0.225 e. The number of fused-ring (bicyclic) bond motifs is 1. The number of hydrogen-bond donors (Lipinski definition) is 3. The van der Waals surface area contributed by atoms with E-state index in [2.05, 4.69) is 5.32 Å². The van der Waals surface area contributed by atoms with Crippen molar-refractivity contribution in [2.45, 2.75) is 32.2 Å². The first kappa shape index (κ1) is 14.8. The summed E-state index contributed by atoms with van der Waals surface area (Å²) in [5.41, 5.74) is 0. The van der Waals surface area contributed by atoms with Gasteiger partial charge in [0.2, 0.25) is 5.91 Å². The van der Waals surface area contributed by atoms with Gasteiger partial charge in [-0.05, 0) is 25.3 Å². The van der Waals surface area contributed by atoms with Crippen LogP contribution in [-0.4, -0.2) is 28.8 Å². The van der Waals surface area contributed by atoms with Crippen molar-refractivity contribution in [2.24, 2.45) is 0 Å². The molecule has 0 saturated carbocycles. The van der Waals surface area contributed by atoms with Crippen molar-refractivity contribution in [3.05, 3.63) is 42.5 Å². The molecule has 2 aromatic carbocycles. The summed E-state index contributed by atoms with van der Waals surface area (Å²) in [6.07, 6.45) is 0.0917. The molecule has 0 heterocycles. The summed E-state index contributed by atoms with van der Waals surface area (Å²) >= 11 is 0. The molecule has 0 saturated heterocycles. The van der Waals surface area contributed by atoms with Crippen LogP contribution >= 0.6 is 0 Å². The highest BCUT2D eigenvalue weighted by atomic mass is 16.5. The molecule has 0 fully saturated rings. The third kappa shape index (κ3) is 3.93. The third-order valence-corrected chi connectivity index (χ3v) is 2.98. The third-order valence-electron chi connectivity index (χ3n) is 2.98. The summed E-state index contributed by atoms with van der Waals surface area (Å²) in [4.78, 5) is 0. The minimum Gasteiger partial charge on any atom is -0.493 e. The van der Waals surface area contributed by atoms with Gasteiger partial charge in [-0.2, -0.15) is 0 Å². The van der Waals surface area contributed by atoms with Gasteiger partial charge >= 0.3 is 0 Å². The zero-order valence-corrected chi connectivity index (χ0v) is 11.8. The lowest BCUT2D eigenvalue weighted by Gasteiger charge is -2.25. The monoisotopic (exact) mass is 275 g/mol. The second-order valence-corrected chi connectivity index (χ2v) is 5.19. The molecule has 0 spiro atoms. The first-order valence-electron chi connectivity index (χ1n) is 6.81. The Bertz CT molecular complexity index is 561. The molecule has 4 heteroatoms. The molecule has 0 amide bonds. The van der Waals surface area contributed by atoms with Gasteiger partial charge in [0.1, 0.15) is 5.75 Å². The molecule has 3 N–H and O–H groups in total. The van der Waals surface area contributed by atoms with Crippen LogP contribution in [0.4, 0.5) is 0 Å². The van der Waals surface area contributed by atoms with Crippen LogP contribution in [0.25, 0.3) is 10.8 Å². The fourth-order valence-electron chi connectivity index (χ4n) is 2.16. The van der Waals surface area contributed by atoms with E-state index in [1.165, 1.54) is 0 Å². The Kier molecular flexibility index (Phi) is 4.60. The van der Waals surface area contributed by atoms with E-state index in [0.29, 0.717) is 0 Å². The molecular weight excluding hydrogens is 254 g/mol. The van der Waals surface area contributed by atoms with E-state index >= 15 is 0 Å². The lowest BCUT2D eigenvalue weighted by Crippen LogP contribution is -2.49. The van der Waals surface area contributed by atoms with Crippen LogP contribution in [-0.2, 0) is 0 Å².